The zero-order valence-corrected chi connectivity index (χ0v) is 12.1. The lowest BCUT2D eigenvalue weighted by Gasteiger charge is -2.05. The molecule has 1 aromatic heterocycles. The van der Waals surface area contributed by atoms with E-state index < -0.39 is 0 Å². The Kier molecular flexibility index (Phi) is 5.09. The van der Waals surface area contributed by atoms with E-state index in [-0.39, 0.29) is 5.91 Å². The second-order valence-electron chi connectivity index (χ2n) is 4.20. The number of carbonyl (C=O) groups is 1. The fourth-order valence-corrected chi connectivity index (χ4v) is 2.44. The Morgan fingerprint density at radius 2 is 2.15 bits per heavy atom. The van der Waals surface area contributed by atoms with Crippen molar-refractivity contribution >= 4 is 17.2 Å². The average Bonchev–Trinajstić information content (AvgIpc) is 2.96. The van der Waals surface area contributed by atoms with Crippen LogP contribution in [0, 0.1) is 0 Å². The van der Waals surface area contributed by atoms with Gasteiger partial charge < -0.3 is 4.74 Å². The first-order valence-corrected chi connectivity index (χ1v) is 7.28. The molecule has 0 aliphatic carbocycles. The number of nitrogens with one attached hydrogen (secondary N) is 1. The monoisotopic (exact) mass is 291 g/mol. The highest BCUT2D eigenvalue weighted by Crippen LogP contribution is 2.14. The van der Waals surface area contributed by atoms with E-state index in [1.54, 1.807) is 5.38 Å². The molecular weight excluding hydrogens is 274 g/mol. The Morgan fingerprint density at radius 1 is 1.40 bits per heavy atom. The second-order valence-corrected chi connectivity index (χ2v) is 5.14. The molecule has 0 bridgehead atoms. The van der Waals surface area contributed by atoms with Gasteiger partial charge in [-0.05, 0) is 24.1 Å². The van der Waals surface area contributed by atoms with Gasteiger partial charge in [-0.15, -0.1) is 11.3 Å². The number of hydrogen-bond donors (Lipinski definition) is 2. The van der Waals surface area contributed by atoms with Crippen LogP contribution in [-0.4, -0.2) is 17.5 Å². The second kappa shape index (κ2) is 7.02. The zero-order chi connectivity index (χ0) is 14.4. The maximum atomic E-state index is 11.3. The Morgan fingerprint density at radius 3 is 2.80 bits per heavy atom. The smallest absolute Gasteiger partial charge is 0.284 e. The molecule has 0 saturated carbocycles. The summed E-state index contributed by atoms with van der Waals surface area (Å²) in [6.45, 7) is 2.65. The number of carbonyl (C=O) groups excluding carboxylic acids is 1. The number of ether oxygens (including phenoxy) is 1. The Labute approximate surface area is 121 Å². The van der Waals surface area contributed by atoms with E-state index in [9.17, 15) is 4.79 Å². The number of aromatic nitrogens is 1. The third-order valence-electron chi connectivity index (χ3n) is 2.83. The fraction of sp³-hybridized carbons (Fsp3) is 0.286. The SMILES string of the molecule is CCc1ccc(OCCc2nc(C(=O)NN)cs2)cc1. The highest BCUT2D eigenvalue weighted by molar-refractivity contribution is 7.09. The molecule has 3 N–H and O–H groups in total. The van der Waals surface area contributed by atoms with Gasteiger partial charge in [-0.1, -0.05) is 19.1 Å². The van der Waals surface area contributed by atoms with E-state index in [0.29, 0.717) is 18.7 Å². The molecule has 0 atom stereocenters. The molecule has 1 heterocycles. The van der Waals surface area contributed by atoms with Crippen LogP contribution in [0.2, 0.25) is 0 Å². The first-order valence-electron chi connectivity index (χ1n) is 6.40. The highest BCUT2D eigenvalue weighted by atomic mass is 32.1. The van der Waals surface area contributed by atoms with Crippen LogP contribution in [0.1, 0.15) is 28.0 Å². The lowest BCUT2D eigenvalue weighted by atomic mass is 10.2. The minimum absolute atomic E-state index is 0.347. The Bertz CT molecular complexity index is 566. The standard InChI is InChI=1S/C14H17N3O2S/c1-2-10-3-5-11(6-4-10)19-8-7-13-16-12(9-20-13)14(18)17-15/h3-6,9H,2,7-8,15H2,1H3,(H,17,18). The van der Waals surface area contributed by atoms with E-state index in [0.717, 1.165) is 17.2 Å². The molecule has 1 amide bonds. The lowest BCUT2D eigenvalue weighted by molar-refractivity contribution is 0.0949. The molecule has 0 aliphatic rings. The van der Waals surface area contributed by atoms with Crippen molar-refractivity contribution in [3.63, 3.8) is 0 Å². The number of hydrazine groups is 1. The van der Waals surface area contributed by atoms with Gasteiger partial charge in [-0.2, -0.15) is 0 Å². The molecule has 0 radical (unpaired) electrons. The van der Waals surface area contributed by atoms with Crippen molar-refractivity contribution in [3.8, 4) is 5.75 Å². The van der Waals surface area contributed by atoms with Crippen molar-refractivity contribution in [2.45, 2.75) is 19.8 Å². The molecular formula is C14H17N3O2S. The van der Waals surface area contributed by atoms with Crippen LogP contribution in [0.15, 0.2) is 29.6 Å². The van der Waals surface area contributed by atoms with Gasteiger partial charge in [0.05, 0.1) is 11.6 Å². The molecule has 106 valence electrons. The molecule has 2 rings (SSSR count). The summed E-state index contributed by atoms with van der Waals surface area (Å²) >= 11 is 1.43. The molecule has 20 heavy (non-hydrogen) atoms. The molecule has 2 aromatic rings. The van der Waals surface area contributed by atoms with E-state index in [4.69, 9.17) is 10.6 Å². The van der Waals surface area contributed by atoms with Gasteiger partial charge in [0.2, 0.25) is 0 Å². The molecule has 0 saturated heterocycles. The fourth-order valence-electron chi connectivity index (χ4n) is 1.68. The summed E-state index contributed by atoms with van der Waals surface area (Å²) in [7, 11) is 0. The summed E-state index contributed by atoms with van der Waals surface area (Å²) in [6.07, 6.45) is 1.68. The van der Waals surface area contributed by atoms with Crippen LogP contribution in [0.3, 0.4) is 0 Å². The normalized spacial score (nSPS) is 10.3. The minimum atomic E-state index is -0.372. The average molecular weight is 291 g/mol. The van der Waals surface area contributed by atoms with Crippen molar-refractivity contribution in [2.24, 2.45) is 5.84 Å². The third-order valence-corrected chi connectivity index (χ3v) is 3.74. The molecule has 6 heteroatoms. The number of rotatable bonds is 6. The van der Waals surface area contributed by atoms with Gasteiger partial charge >= 0.3 is 0 Å². The lowest BCUT2D eigenvalue weighted by Crippen LogP contribution is -2.30. The van der Waals surface area contributed by atoms with Crippen LogP contribution >= 0.6 is 11.3 Å². The molecule has 0 fully saturated rings. The summed E-state index contributed by atoms with van der Waals surface area (Å²) in [5.74, 6) is 5.53. The van der Waals surface area contributed by atoms with Crippen molar-refractivity contribution in [2.75, 3.05) is 6.61 Å². The number of nitrogens with zero attached hydrogens (tertiary/aromatic N) is 1. The van der Waals surface area contributed by atoms with Gasteiger partial charge in [-0.25, -0.2) is 10.8 Å². The molecule has 0 aliphatic heterocycles. The van der Waals surface area contributed by atoms with E-state index in [1.807, 2.05) is 12.1 Å². The number of benzene rings is 1. The van der Waals surface area contributed by atoms with Gasteiger partial charge in [0.15, 0.2) is 0 Å². The van der Waals surface area contributed by atoms with E-state index >= 15 is 0 Å². The molecule has 5 nitrogen and oxygen atoms in total. The highest BCUT2D eigenvalue weighted by Gasteiger charge is 2.08. The minimum Gasteiger partial charge on any atom is -0.493 e. The van der Waals surface area contributed by atoms with Crippen LogP contribution in [0.25, 0.3) is 0 Å². The molecule has 0 spiro atoms. The number of thiazole rings is 1. The predicted molar refractivity (Wildman–Crippen MR) is 78.8 cm³/mol. The number of nitrogens with two attached hydrogens (primary N) is 1. The zero-order valence-electron chi connectivity index (χ0n) is 11.3. The van der Waals surface area contributed by atoms with Gasteiger partial charge in [-0.3, -0.25) is 10.2 Å². The number of amides is 1. The summed E-state index contributed by atoms with van der Waals surface area (Å²) in [6, 6.07) is 8.05. The quantitative estimate of drug-likeness (QED) is 0.484. The number of aryl methyl sites for hydroxylation is 1. The van der Waals surface area contributed by atoms with Crippen LogP contribution in [0.5, 0.6) is 5.75 Å². The van der Waals surface area contributed by atoms with Crippen molar-refractivity contribution in [1.82, 2.24) is 10.4 Å². The Hall–Kier alpha value is -1.92. The number of nitrogen functional groups attached to an aromatic ring is 1. The summed E-state index contributed by atoms with van der Waals surface area (Å²) in [5, 5.41) is 2.54. The number of hydrogen-bond acceptors (Lipinski definition) is 5. The van der Waals surface area contributed by atoms with E-state index in [2.05, 4.69) is 29.5 Å². The summed E-state index contributed by atoms with van der Waals surface area (Å²) in [4.78, 5) is 15.4. The van der Waals surface area contributed by atoms with Crippen LogP contribution < -0.4 is 16.0 Å². The largest absolute Gasteiger partial charge is 0.493 e. The maximum absolute atomic E-state index is 11.3. The topological polar surface area (TPSA) is 77.2 Å². The predicted octanol–water partition coefficient (Wildman–Crippen LogP) is 1.93. The third kappa shape index (κ3) is 3.79. The van der Waals surface area contributed by atoms with Crippen LogP contribution in [-0.2, 0) is 12.8 Å². The van der Waals surface area contributed by atoms with Gasteiger partial charge in [0.25, 0.3) is 5.91 Å². The van der Waals surface area contributed by atoms with Crippen molar-refractivity contribution in [1.29, 1.82) is 0 Å². The van der Waals surface area contributed by atoms with Crippen LogP contribution in [0.4, 0.5) is 0 Å². The van der Waals surface area contributed by atoms with Crippen molar-refractivity contribution in [3.05, 3.63) is 45.9 Å². The molecule has 1 aromatic carbocycles. The summed E-state index contributed by atoms with van der Waals surface area (Å²) < 4.78 is 5.65. The first kappa shape index (κ1) is 14.5. The first-order chi connectivity index (χ1) is 9.72. The van der Waals surface area contributed by atoms with Crippen molar-refractivity contribution < 1.29 is 9.53 Å². The molecule has 0 unspecified atom stereocenters. The van der Waals surface area contributed by atoms with Gasteiger partial charge in [0, 0.05) is 11.8 Å². The van der Waals surface area contributed by atoms with Gasteiger partial charge in [0.1, 0.15) is 11.4 Å². The maximum Gasteiger partial charge on any atom is 0.284 e. The Balaban J connectivity index is 1.83. The van der Waals surface area contributed by atoms with E-state index in [1.165, 1.54) is 16.9 Å². The summed E-state index contributed by atoms with van der Waals surface area (Å²) in [5.41, 5.74) is 3.70.